The third-order valence-electron chi connectivity index (χ3n) is 2.88. The van der Waals surface area contributed by atoms with Gasteiger partial charge in [-0.2, -0.15) is 13.2 Å². The molecule has 2 atom stereocenters. The minimum atomic E-state index is -4.84. The first-order valence-corrected chi connectivity index (χ1v) is 6.15. The molecule has 1 aromatic carbocycles. The van der Waals surface area contributed by atoms with Crippen molar-refractivity contribution in [2.24, 2.45) is 5.73 Å². The number of rotatable bonds is 7. The van der Waals surface area contributed by atoms with Gasteiger partial charge in [-0.25, -0.2) is 4.39 Å². The predicted molar refractivity (Wildman–Crippen MR) is 66.6 cm³/mol. The van der Waals surface area contributed by atoms with E-state index >= 15 is 0 Å². The van der Waals surface area contributed by atoms with Crippen molar-refractivity contribution in [2.45, 2.75) is 30.9 Å². The maximum atomic E-state index is 14.3. The van der Waals surface area contributed by atoms with Crippen LogP contribution in [0, 0.1) is 0 Å². The van der Waals surface area contributed by atoms with E-state index in [0.29, 0.717) is 0 Å². The molecule has 0 fully saturated rings. The highest BCUT2D eigenvalue weighted by atomic mass is 19.4. The van der Waals surface area contributed by atoms with Gasteiger partial charge >= 0.3 is 6.18 Å². The van der Waals surface area contributed by atoms with Gasteiger partial charge in [-0.3, -0.25) is 14.5 Å². The summed E-state index contributed by atoms with van der Waals surface area (Å²) < 4.78 is 65.6. The van der Waals surface area contributed by atoms with E-state index in [-0.39, 0.29) is 5.56 Å². The molecule has 0 saturated carbocycles. The molecule has 0 spiro atoms. The Hall–Kier alpha value is -1.70. The molecule has 8 heteroatoms. The number of benzene rings is 1. The SMILES string of the molecule is NC(=O)[C@@](F)(CCCF)N[C@@H](c1ccccc1)C(F)(F)F. The molecule has 3 N–H and O–H groups in total. The van der Waals surface area contributed by atoms with Crippen molar-refractivity contribution in [2.75, 3.05) is 6.67 Å². The summed E-state index contributed by atoms with van der Waals surface area (Å²) in [6.45, 7) is -0.970. The lowest BCUT2D eigenvalue weighted by molar-refractivity contribution is -0.172. The molecule has 0 bridgehead atoms. The standard InChI is InChI=1S/C13H15F5N2O/c14-8-4-7-12(15,11(19)21)20-10(13(16,17)18)9-5-2-1-3-6-9/h1-3,5-6,10,20H,4,7-8H2,(H2,19,21)/t10-,12+/m0/s1. The average Bonchev–Trinajstić information content (AvgIpc) is 2.42. The molecule has 0 aliphatic heterocycles. The summed E-state index contributed by atoms with van der Waals surface area (Å²) in [6.07, 6.45) is -6.05. The molecule has 0 radical (unpaired) electrons. The van der Waals surface area contributed by atoms with Crippen LogP contribution in [0.5, 0.6) is 0 Å². The van der Waals surface area contributed by atoms with Gasteiger partial charge in [-0.15, -0.1) is 0 Å². The van der Waals surface area contributed by atoms with E-state index in [1.807, 2.05) is 0 Å². The molecule has 0 heterocycles. The highest BCUT2D eigenvalue weighted by Gasteiger charge is 2.48. The monoisotopic (exact) mass is 310 g/mol. The molecule has 0 aliphatic carbocycles. The Kier molecular flexibility index (Phi) is 5.65. The Morgan fingerprint density at radius 3 is 2.19 bits per heavy atom. The topological polar surface area (TPSA) is 55.1 Å². The molecule has 0 aromatic heterocycles. The van der Waals surface area contributed by atoms with Crippen molar-refractivity contribution in [3.8, 4) is 0 Å². The van der Waals surface area contributed by atoms with Crippen LogP contribution < -0.4 is 11.1 Å². The number of halogens is 5. The van der Waals surface area contributed by atoms with Gasteiger partial charge < -0.3 is 5.73 Å². The molecule has 0 unspecified atom stereocenters. The van der Waals surface area contributed by atoms with E-state index in [1.165, 1.54) is 18.2 Å². The zero-order valence-corrected chi connectivity index (χ0v) is 11.0. The lowest BCUT2D eigenvalue weighted by atomic mass is 10.0. The number of carbonyl (C=O) groups excluding carboxylic acids is 1. The van der Waals surface area contributed by atoms with Crippen LogP contribution in [0.4, 0.5) is 22.0 Å². The van der Waals surface area contributed by atoms with Crippen LogP contribution in [0.3, 0.4) is 0 Å². The normalized spacial score (nSPS) is 16.2. The molecule has 0 aliphatic rings. The Labute approximate surface area is 118 Å². The smallest absolute Gasteiger partial charge is 0.366 e. The van der Waals surface area contributed by atoms with Crippen LogP contribution in [0.15, 0.2) is 30.3 Å². The molecule has 3 nitrogen and oxygen atoms in total. The van der Waals surface area contributed by atoms with Gasteiger partial charge in [-0.05, 0) is 12.0 Å². The summed E-state index contributed by atoms with van der Waals surface area (Å²) >= 11 is 0. The van der Waals surface area contributed by atoms with E-state index in [9.17, 15) is 26.7 Å². The second-order valence-electron chi connectivity index (χ2n) is 4.49. The summed E-state index contributed by atoms with van der Waals surface area (Å²) in [6, 6.07) is 4.05. The molecular formula is C13H15F5N2O. The first-order valence-electron chi connectivity index (χ1n) is 6.15. The summed E-state index contributed by atoms with van der Waals surface area (Å²) in [5, 5.41) is 1.59. The number of nitrogens with two attached hydrogens (primary N) is 1. The largest absolute Gasteiger partial charge is 0.408 e. The number of nitrogens with one attached hydrogen (secondary N) is 1. The van der Waals surface area contributed by atoms with Crippen molar-refractivity contribution in [1.82, 2.24) is 5.32 Å². The number of carbonyl (C=O) groups is 1. The fourth-order valence-corrected chi connectivity index (χ4v) is 1.81. The van der Waals surface area contributed by atoms with Crippen LogP contribution in [-0.2, 0) is 4.79 Å². The second kappa shape index (κ2) is 6.84. The summed E-state index contributed by atoms with van der Waals surface area (Å²) in [5.41, 5.74) is 4.55. The Morgan fingerprint density at radius 2 is 1.76 bits per heavy atom. The zero-order chi connectivity index (χ0) is 16.1. The van der Waals surface area contributed by atoms with Crippen molar-refractivity contribution in [3.63, 3.8) is 0 Å². The second-order valence-corrected chi connectivity index (χ2v) is 4.49. The summed E-state index contributed by atoms with van der Waals surface area (Å²) in [5.74, 6) is -4.75. The first kappa shape index (κ1) is 17.4. The van der Waals surface area contributed by atoms with Gasteiger partial charge in [0.25, 0.3) is 5.91 Å². The molecule has 1 amide bonds. The van der Waals surface area contributed by atoms with E-state index < -0.39 is 43.4 Å². The van der Waals surface area contributed by atoms with Crippen molar-refractivity contribution < 1.29 is 26.7 Å². The van der Waals surface area contributed by atoms with Crippen LogP contribution in [0.1, 0.15) is 24.4 Å². The van der Waals surface area contributed by atoms with Crippen molar-refractivity contribution in [3.05, 3.63) is 35.9 Å². The quantitative estimate of drug-likeness (QED) is 0.601. The average molecular weight is 310 g/mol. The van der Waals surface area contributed by atoms with E-state index in [2.05, 4.69) is 0 Å². The fraction of sp³-hybridized carbons (Fsp3) is 0.462. The molecular weight excluding hydrogens is 295 g/mol. The molecule has 21 heavy (non-hydrogen) atoms. The van der Waals surface area contributed by atoms with Crippen LogP contribution in [0.25, 0.3) is 0 Å². The third-order valence-corrected chi connectivity index (χ3v) is 2.88. The van der Waals surface area contributed by atoms with Gasteiger partial charge in [0.15, 0.2) is 0 Å². The number of amides is 1. The van der Waals surface area contributed by atoms with E-state index in [0.717, 1.165) is 12.1 Å². The van der Waals surface area contributed by atoms with Crippen LogP contribution in [0.2, 0.25) is 0 Å². The van der Waals surface area contributed by atoms with Gasteiger partial charge in [0.05, 0.1) is 6.67 Å². The Morgan fingerprint density at radius 1 is 1.19 bits per heavy atom. The molecule has 1 aromatic rings. The number of hydrogen-bond acceptors (Lipinski definition) is 2. The molecule has 0 saturated heterocycles. The summed E-state index contributed by atoms with van der Waals surface area (Å²) in [4.78, 5) is 11.1. The third kappa shape index (κ3) is 4.66. The highest BCUT2D eigenvalue weighted by molar-refractivity contribution is 5.82. The minimum Gasteiger partial charge on any atom is -0.366 e. The minimum absolute atomic E-state index is 0.270. The molecule has 118 valence electrons. The van der Waals surface area contributed by atoms with Gasteiger partial charge in [-0.1, -0.05) is 30.3 Å². The van der Waals surface area contributed by atoms with E-state index in [1.54, 1.807) is 5.32 Å². The fourth-order valence-electron chi connectivity index (χ4n) is 1.81. The number of alkyl halides is 5. The Balaban J connectivity index is 3.07. The highest BCUT2D eigenvalue weighted by Crippen LogP contribution is 2.35. The lowest BCUT2D eigenvalue weighted by Crippen LogP contribution is -2.55. The van der Waals surface area contributed by atoms with Gasteiger partial charge in [0.2, 0.25) is 5.79 Å². The van der Waals surface area contributed by atoms with Crippen molar-refractivity contribution >= 4 is 5.91 Å². The van der Waals surface area contributed by atoms with Crippen molar-refractivity contribution in [1.29, 1.82) is 0 Å². The molecule has 1 rings (SSSR count). The maximum Gasteiger partial charge on any atom is 0.408 e. The number of hydrogen-bond donors (Lipinski definition) is 2. The zero-order valence-electron chi connectivity index (χ0n) is 11.0. The Bertz CT molecular complexity index is 465. The van der Waals surface area contributed by atoms with Crippen LogP contribution in [-0.4, -0.2) is 24.6 Å². The van der Waals surface area contributed by atoms with Gasteiger partial charge in [0, 0.05) is 6.42 Å². The van der Waals surface area contributed by atoms with E-state index in [4.69, 9.17) is 5.73 Å². The van der Waals surface area contributed by atoms with Crippen LogP contribution >= 0.6 is 0 Å². The maximum absolute atomic E-state index is 14.3. The first-order chi connectivity index (χ1) is 9.70. The summed E-state index contributed by atoms with van der Waals surface area (Å²) in [7, 11) is 0. The number of primary amides is 1. The predicted octanol–water partition coefficient (Wildman–Crippen LogP) is 2.78. The lowest BCUT2D eigenvalue weighted by Gasteiger charge is -2.30. The van der Waals surface area contributed by atoms with Gasteiger partial charge in [0.1, 0.15) is 6.04 Å².